The second kappa shape index (κ2) is 8.81. The second-order valence-corrected chi connectivity index (χ2v) is 8.79. The molecule has 1 heterocycles. The molecule has 3 rings (SSSR count). The van der Waals surface area contributed by atoms with Gasteiger partial charge in [-0.15, -0.1) is 0 Å². The highest BCUT2D eigenvalue weighted by Gasteiger charge is 2.21. The number of nitrogens with one attached hydrogen (secondary N) is 1. The average Bonchev–Trinajstić information content (AvgIpc) is 2.66. The van der Waals surface area contributed by atoms with Crippen LogP contribution < -0.4 is 14.5 Å². The van der Waals surface area contributed by atoms with Crippen molar-refractivity contribution in [3.8, 4) is 0 Å². The summed E-state index contributed by atoms with van der Waals surface area (Å²) in [5, 5.41) is 3.13. The van der Waals surface area contributed by atoms with Crippen molar-refractivity contribution in [2.45, 2.75) is 0 Å². The summed E-state index contributed by atoms with van der Waals surface area (Å²) in [7, 11) is -3.65. The number of amides is 1. The van der Waals surface area contributed by atoms with Crippen LogP contribution in [0.15, 0.2) is 48.5 Å². The van der Waals surface area contributed by atoms with E-state index in [2.05, 4.69) is 10.2 Å². The topological polar surface area (TPSA) is 79.0 Å². The highest BCUT2D eigenvalue weighted by Crippen LogP contribution is 2.22. The van der Waals surface area contributed by atoms with E-state index in [1.807, 2.05) is 12.1 Å². The van der Waals surface area contributed by atoms with Gasteiger partial charge in [0.05, 0.1) is 25.2 Å². The van der Waals surface area contributed by atoms with Crippen LogP contribution >= 0.6 is 11.6 Å². The van der Waals surface area contributed by atoms with Crippen molar-refractivity contribution >= 4 is 44.6 Å². The molecule has 9 heteroatoms. The number of ether oxygens (including phenoxy) is 1. The first-order valence-corrected chi connectivity index (χ1v) is 11.0. The van der Waals surface area contributed by atoms with Crippen LogP contribution in [0.25, 0.3) is 0 Å². The third-order valence-corrected chi connectivity index (χ3v) is 5.69. The van der Waals surface area contributed by atoms with Gasteiger partial charge in [0.2, 0.25) is 15.9 Å². The summed E-state index contributed by atoms with van der Waals surface area (Å²) in [4.78, 5) is 14.6. The SMILES string of the molecule is CS(=O)(=O)N(CC(=O)Nc1ccc(N2CCOCC2)cc1)c1cccc(Cl)c1. The molecule has 1 N–H and O–H groups in total. The van der Waals surface area contributed by atoms with Crippen LogP contribution in [0, 0.1) is 0 Å². The number of nitrogens with zero attached hydrogens (tertiary/aromatic N) is 2. The number of hydrogen-bond acceptors (Lipinski definition) is 5. The lowest BCUT2D eigenvalue weighted by atomic mass is 10.2. The fourth-order valence-corrected chi connectivity index (χ4v) is 3.97. The van der Waals surface area contributed by atoms with Gasteiger partial charge >= 0.3 is 0 Å². The quantitative estimate of drug-likeness (QED) is 0.772. The largest absolute Gasteiger partial charge is 0.378 e. The lowest BCUT2D eigenvalue weighted by molar-refractivity contribution is -0.114. The molecule has 1 saturated heterocycles. The van der Waals surface area contributed by atoms with Crippen LogP contribution in [0.3, 0.4) is 0 Å². The summed E-state index contributed by atoms with van der Waals surface area (Å²) >= 11 is 5.95. The summed E-state index contributed by atoms with van der Waals surface area (Å²) in [6.45, 7) is 2.71. The maximum absolute atomic E-state index is 12.4. The number of benzene rings is 2. The molecule has 0 aromatic heterocycles. The van der Waals surface area contributed by atoms with Gasteiger partial charge in [-0.1, -0.05) is 17.7 Å². The van der Waals surface area contributed by atoms with Gasteiger partial charge in [0, 0.05) is 29.5 Å². The molecule has 0 saturated carbocycles. The number of halogens is 1. The van der Waals surface area contributed by atoms with E-state index in [4.69, 9.17) is 16.3 Å². The fourth-order valence-electron chi connectivity index (χ4n) is 2.94. The number of morpholine rings is 1. The van der Waals surface area contributed by atoms with Gasteiger partial charge in [-0.3, -0.25) is 9.10 Å². The molecule has 0 unspecified atom stereocenters. The van der Waals surface area contributed by atoms with Crippen LogP contribution in [-0.2, 0) is 19.6 Å². The van der Waals surface area contributed by atoms with Gasteiger partial charge in [0.15, 0.2) is 0 Å². The molecular formula is C19H22ClN3O4S. The van der Waals surface area contributed by atoms with Crippen LogP contribution in [0.4, 0.5) is 17.1 Å². The standard InChI is InChI=1S/C19H22ClN3O4S/c1-28(25,26)23(18-4-2-3-15(20)13-18)14-19(24)21-16-5-7-17(8-6-16)22-9-11-27-12-10-22/h2-8,13H,9-12,14H2,1H3,(H,21,24). The lowest BCUT2D eigenvalue weighted by Gasteiger charge is -2.29. The first-order valence-electron chi connectivity index (χ1n) is 8.79. The minimum atomic E-state index is -3.65. The van der Waals surface area contributed by atoms with Crippen LogP contribution in [0.1, 0.15) is 0 Å². The Labute approximate surface area is 169 Å². The van der Waals surface area contributed by atoms with E-state index in [0.29, 0.717) is 29.6 Å². The number of sulfonamides is 1. The van der Waals surface area contributed by atoms with Crippen LogP contribution in [0.5, 0.6) is 0 Å². The minimum absolute atomic E-state index is 0.341. The number of anilines is 3. The Morgan fingerprint density at radius 3 is 2.46 bits per heavy atom. The smallest absolute Gasteiger partial charge is 0.245 e. The summed E-state index contributed by atoms with van der Waals surface area (Å²) in [5.74, 6) is -0.440. The van der Waals surface area contributed by atoms with E-state index in [1.54, 1.807) is 30.3 Å². The maximum atomic E-state index is 12.4. The molecule has 2 aromatic carbocycles. The monoisotopic (exact) mass is 423 g/mol. The molecule has 2 aromatic rings. The van der Waals surface area contributed by atoms with Gasteiger partial charge in [0.25, 0.3) is 0 Å². The molecule has 0 spiro atoms. The van der Waals surface area contributed by atoms with E-state index in [0.717, 1.165) is 29.3 Å². The third-order valence-electron chi connectivity index (χ3n) is 4.31. The molecule has 1 amide bonds. The highest BCUT2D eigenvalue weighted by atomic mass is 35.5. The summed E-state index contributed by atoms with van der Waals surface area (Å²) in [6.07, 6.45) is 1.05. The Balaban J connectivity index is 1.67. The zero-order valence-corrected chi connectivity index (χ0v) is 17.0. The highest BCUT2D eigenvalue weighted by molar-refractivity contribution is 7.92. The molecule has 1 aliphatic rings. The summed E-state index contributed by atoms with van der Waals surface area (Å²) in [6, 6.07) is 13.8. The van der Waals surface area contributed by atoms with Gasteiger partial charge < -0.3 is 15.0 Å². The van der Waals surface area contributed by atoms with Crippen molar-refractivity contribution in [2.24, 2.45) is 0 Å². The molecule has 1 aliphatic heterocycles. The number of hydrogen-bond donors (Lipinski definition) is 1. The number of carbonyl (C=O) groups is 1. The predicted octanol–water partition coefficient (Wildman–Crippen LogP) is 2.58. The zero-order valence-electron chi connectivity index (χ0n) is 15.5. The zero-order chi connectivity index (χ0) is 20.1. The first kappa shape index (κ1) is 20.4. The fraction of sp³-hybridized carbons (Fsp3) is 0.316. The van der Waals surface area contributed by atoms with E-state index in [9.17, 15) is 13.2 Å². The Morgan fingerprint density at radius 2 is 1.86 bits per heavy atom. The first-order chi connectivity index (χ1) is 13.3. The summed E-state index contributed by atoms with van der Waals surface area (Å²) in [5.41, 5.74) is 1.99. The van der Waals surface area contributed by atoms with Gasteiger partial charge in [0.1, 0.15) is 6.54 Å². The van der Waals surface area contributed by atoms with Crippen LogP contribution in [-0.4, -0.2) is 53.4 Å². The average molecular weight is 424 g/mol. The van der Waals surface area contributed by atoms with Crippen LogP contribution in [0.2, 0.25) is 5.02 Å². The molecule has 28 heavy (non-hydrogen) atoms. The van der Waals surface area contributed by atoms with E-state index in [-0.39, 0.29) is 6.54 Å². The molecule has 0 bridgehead atoms. The van der Waals surface area contributed by atoms with Crippen molar-refractivity contribution in [2.75, 3.05) is 53.6 Å². The number of rotatable bonds is 6. The maximum Gasteiger partial charge on any atom is 0.245 e. The van der Waals surface area contributed by atoms with Gasteiger partial charge in [-0.25, -0.2) is 8.42 Å². The molecule has 0 aliphatic carbocycles. The predicted molar refractivity (Wildman–Crippen MR) is 112 cm³/mol. The normalized spacial score (nSPS) is 14.6. The molecule has 150 valence electrons. The summed E-state index contributed by atoms with van der Waals surface area (Å²) < 4.78 is 30.6. The lowest BCUT2D eigenvalue weighted by Crippen LogP contribution is -2.37. The van der Waals surface area contributed by atoms with Gasteiger partial charge in [-0.05, 0) is 42.5 Å². The Kier molecular flexibility index (Phi) is 6.43. The molecule has 0 atom stereocenters. The minimum Gasteiger partial charge on any atom is -0.378 e. The molecule has 0 radical (unpaired) electrons. The Morgan fingerprint density at radius 1 is 1.18 bits per heavy atom. The second-order valence-electron chi connectivity index (χ2n) is 6.44. The Bertz CT molecular complexity index is 928. The third kappa shape index (κ3) is 5.37. The number of carbonyl (C=O) groups excluding carboxylic acids is 1. The van der Waals surface area contributed by atoms with Crippen molar-refractivity contribution < 1.29 is 17.9 Å². The van der Waals surface area contributed by atoms with E-state index < -0.39 is 15.9 Å². The van der Waals surface area contributed by atoms with Crippen molar-refractivity contribution in [3.63, 3.8) is 0 Å². The van der Waals surface area contributed by atoms with Crippen molar-refractivity contribution in [1.82, 2.24) is 0 Å². The van der Waals surface area contributed by atoms with Crippen molar-refractivity contribution in [1.29, 1.82) is 0 Å². The van der Waals surface area contributed by atoms with Crippen molar-refractivity contribution in [3.05, 3.63) is 53.6 Å². The molecule has 7 nitrogen and oxygen atoms in total. The van der Waals surface area contributed by atoms with E-state index in [1.165, 1.54) is 6.07 Å². The van der Waals surface area contributed by atoms with E-state index >= 15 is 0 Å². The molecular weight excluding hydrogens is 402 g/mol. The Hall–Kier alpha value is -2.29. The molecule has 1 fully saturated rings. The van der Waals surface area contributed by atoms with Gasteiger partial charge in [-0.2, -0.15) is 0 Å².